The highest BCUT2D eigenvalue weighted by Gasteiger charge is 2.08. The summed E-state index contributed by atoms with van der Waals surface area (Å²) in [5.41, 5.74) is 2.38. The summed E-state index contributed by atoms with van der Waals surface area (Å²) >= 11 is 0. The Hall–Kier alpha value is -1.70. The lowest BCUT2D eigenvalue weighted by atomic mass is 10.2. The zero-order valence-electron chi connectivity index (χ0n) is 9.95. The van der Waals surface area contributed by atoms with Crippen molar-refractivity contribution in [2.45, 2.75) is 26.8 Å². The molecule has 84 valence electrons. The topological polar surface area (TPSA) is 25.2 Å². The first-order valence-electron chi connectivity index (χ1n) is 5.54. The summed E-state index contributed by atoms with van der Waals surface area (Å²) in [7, 11) is 0. The zero-order chi connectivity index (χ0) is 11.5. The van der Waals surface area contributed by atoms with Gasteiger partial charge in [-0.3, -0.25) is 0 Å². The monoisotopic (exact) mass is 215 g/mol. The van der Waals surface area contributed by atoms with E-state index in [1.807, 2.05) is 19.1 Å². The average molecular weight is 215 g/mol. The van der Waals surface area contributed by atoms with Crippen LogP contribution in [0.1, 0.15) is 30.0 Å². The van der Waals surface area contributed by atoms with Gasteiger partial charge in [-0.25, -0.2) is 0 Å². The molecular weight excluding hydrogens is 198 g/mol. The van der Waals surface area contributed by atoms with Crippen LogP contribution in [0.4, 0.5) is 5.69 Å². The third kappa shape index (κ3) is 2.45. The lowest BCUT2D eigenvalue weighted by molar-refractivity contribution is 0.467. The Bertz CT molecular complexity index is 473. The second kappa shape index (κ2) is 4.44. The smallest absolute Gasteiger partial charge is 0.126 e. The molecule has 1 heterocycles. The summed E-state index contributed by atoms with van der Waals surface area (Å²) in [6, 6.07) is 12.5. The summed E-state index contributed by atoms with van der Waals surface area (Å²) in [5, 5.41) is 3.42. The molecule has 0 saturated heterocycles. The van der Waals surface area contributed by atoms with Gasteiger partial charge in [0.1, 0.15) is 11.5 Å². The molecule has 0 radical (unpaired) electrons. The van der Waals surface area contributed by atoms with E-state index in [2.05, 4.69) is 43.4 Å². The number of rotatable bonds is 3. The molecule has 2 rings (SSSR count). The van der Waals surface area contributed by atoms with E-state index in [0.29, 0.717) is 0 Å². The van der Waals surface area contributed by atoms with Crippen molar-refractivity contribution in [3.8, 4) is 0 Å². The predicted octanol–water partition coefficient (Wildman–Crippen LogP) is 4.07. The van der Waals surface area contributed by atoms with Crippen LogP contribution in [0.5, 0.6) is 0 Å². The summed E-state index contributed by atoms with van der Waals surface area (Å²) in [5.74, 6) is 1.92. The van der Waals surface area contributed by atoms with Crippen molar-refractivity contribution in [3.63, 3.8) is 0 Å². The van der Waals surface area contributed by atoms with Crippen LogP contribution in [0.2, 0.25) is 0 Å². The van der Waals surface area contributed by atoms with Crippen molar-refractivity contribution in [1.29, 1.82) is 0 Å². The normalized spacial score (nSPS) is 12.4. The quantitative estimate of drug-likeness (QED) is 0.834. The van der Waals surface area contributed by atoms with Gasteiger partial charge in [-0.05, 0) is 50.6 Å². The largest absolute Gasteiger partial charge is 0.464 e. The molecular formula is C14H17NO. The van der Waals surface area contributed by atoms with Gasteiger partial charge in [0.25, 0.3) is 0 Å². The fraction of sp³-hybridized carbons (Fsp3) is 0.286. The first-order valence-corrected chi connectivity index (χ1v) is 5.54. The molecule has 1 atom stereocenters. The Morgan fingerprint density at radius 1 is 1.12 bits per heavy atom. The highest BCUT2D eigenvalue weighted by Crippen LogP contribution is 2.21. The molecule has 2 nitrogen and oxygen atoms in total. The van der Waals surface area contributed by atoms with Crippen LogP contribution in [0, 0.1) is 13.8 Å². The van der Waals surface area contributed by atoms with E-state index in [-0.39, 0.29) is 6.04 Å². The van der Waals surface area contributed by atoms with E-state index in [0.717, 1.165) is 17.2 Å². The second-order valence-corrected chi connectivity index (χ2v) is 4.18. The lowest BCUT2D eigenvalue weighted by Crippen LogP contribution is -2.05. The van der Waals surface area contributed by atoms with Crippen LogP contribution < -0.4 is 5.32 Å². The van der Waals surface area contributed by atoms with Crippen LogP contribution >= 0.6 is 0 Å². The van der Waals surface area contributed by atoms with Gasteiger partial charge in [0, 0.05) is 5.69 Å². The number of nitrogens with one attached hydrogen (secondary N) is 1. The molecule has 0 spiro atoms. The Balaban J connectivity index is 2.10. The Morgan fingerprint density at radius 2 is 1.94 bits per heavy atom. The number of hydrogen-bond donors (Lipinski definition) is 1. The number of benzene rings is 1. The van der Waals surface area contributed by atoms with E-state index in [1.165, 1.54) is 5.56 Å². The van der Waals surface area contributed by atoms with Crippen molar-refractivity contribution in [1.82, 2.24) is 0 Å². The molecule has 0 aliphatic carbocycles. The summed E-state index contributed by atoms with van der Waals surface area (Å²) in [4.78, 5) is 0. The molecule has 0 fully saturated rings. The minimum Gasteiger partial charge on any atom is -0.464 e. The van der Waals surface area contributed by atoms with E-state index in [4.69, 9.17) is 4.42 Å². The van der Waals surface area contributed by atoms with Gasteiger partial charge in [-0.1, -0.05) is 12.1 Å². The molecule has 0 amide bonds. The highest BCUT2D eigenvalue weighted by atomic mass is 16.3. The second-order valence-electron chi connectivity index (χ2n) is 4.18. The van der Waals surface area contributed by atoms with E-state index < -0.39 is 0 Å². The number of anilines is 1. The van der Waals surface area contributed by atoms with Crippen LogP contribution in [0.15, 0.2) is 40.8 Å². The summed E-state index contributed by atoms with van der Waals surface area (Å²) in [6.07, 6.45) is 0. The van der Waals surface area contributed by atoms with Crippen molar-refractivity contribution in [3.05, 3.63) is 53.5 Å². The summed E-state index contributed by atoms with van der Waals surface area (Å²) in [6.45, 7) is 6.15. The van der Waals surface area contributed by atoms with Crippen molar-refractivity contribution >= 4 is 5.69 Å². The minimum atomic E-state index is 0.190. The average Bonchev–Trinajstić information content (AvgIpc) is 2.65. The fourth-order valence-corrected chi connectivity index (χ4v) is 1.74. The number of aryl methyl sites for hydroxylation is 2. The van der Waals surface area contributed by atoms with Crippen molar-refractivity contribution in [2.75, 3.05) is 5.32 Å². The van der Waals surface area contributed by atoms with E-state index in [9.17, 15) is 0 Å². The van der Waals surface area contributed by atoms with Crippen LogP contribution in [-0.4, -0.2) is 0 Å². The fourth-order valence-electron chi connectivity index (χ4n) is 1.74. The van der Waals surface area contributed by atoms with Crippen LogP contribution in [-0.2, 0) is 0 Å². The molecule has 0 saturated carbocycles. The predicted molar refractivity (Wildman–Crippen MR) is 66.7 cm³/mol. The molecule has 1 aromatic heterocycles. The van der Waals surface area contributed by atoms with E-state index >= 15 is 0 Å². The SMILES string of the molecule is Cc1cccc(NC(C)c2ccc(C)o2)c1. The number of hydrogen-bond acceptors (Lipinski definition) is 2. The van der Waals surface area contributed by atoms with E-state index in [1.54, 1.807) is 0 Å². The Labute approximate surface area is 96.3 Å². The summed E-state index contributed by atoms with van der Waals surface area (Å²) < 4.78 is 5.59. The first kappa shape index (κ1) is 10.8. The molecule has 2 aromatic rings. The third-order valence-corrected chi connectivity index (χ3v) is 2.59. The van der Waals surface area contributed by atoms with Gasteiger partial charge in [0.2, 0.25) is 0 Å². The van der Waals surface area contributed by atoms with Crippen molar-refractivity contribution in [2.24, 2.45) is 0 Å². The third-order valence-electron chi connectivity index (χ3n) is 2.59. The van der Waals surface area contributed by atoms with Gasteiger partial charge in [0.15, 0.2) is 0 Å². The molecule has 1 aromatic carbocycles. The Morgan fingerprint density at radius 3 is 2.56 bits per heavy atom. The lowest BCUT2D eigenvalue weighted by Gasteiger charge is -2.13. The molecule has 1 N–H and O–H groups in total. The standard InChI is InChI=1S/C14H17NO/c1-10-5-4-6-13(9-10)15-12(3)14-8-7-11(2)16-14/h4-9,12,15H,1-3H3. The molecule has 16 heavy (non-hydrogen) atoms. The van der Waals surface area contributed by atoms with Gasteiger partial charge >= 0.3 is 0 Å². The molecule has 1 unspecified atom stereocenters. The maximum absolute atomic E-state index is 5.59. The molecule has 0 aliphatic heterocycles. The maximum Gasteiger partial charge on any atom is 0.126 e. The Kier molecular flexibility index (Phi) is 3.00. The van der Waals surface area contributed by atoms with Gasteiger partial charge in [0.05, 0.1) is 6.04 Å². The molecule has 0 bridgehead atoms. The van der Waals surface area contributed by atoms with Gasteiger partial charge in [-0.15, -0.1) is 0 Å². The van der Waals surface area contributed by atoms with Crippen LogP contribution in [0.25, 0.3) is 0 Å². The zero-order valence-corrected chi connectivity index (χ0v) is 9.95. The maximum atomic E-state index is 5.59. The van der Waals surface area contributed by atoms with Crippen molar-refractivity contribution < 1.29 is 4.42 Å². The highest BCUT2D eigenvalue weighted by molar-refractivity contribution is 5.46. The number of furan rings is 1. The molecule has 2 heteroatoms. The minimum absolute atomic E-state index is 0.190. The molecule has 0 aliphatic rings. The van der Waals surface area contributed by atoms with Crippen LogP contribution in [0.3, 0.4) is 0 Å². The first-order chi connectivity index (χ1) is 7.65. The van der Waals surface area contributed by atoms with Gasteiger partial charge in [-0.2, -0.15) is 0 Å². The van der Waals surface area contributed by atoms with Gasteiger partial charge < -0.3 is 9.73 Å².